The van der Waals surface area contributed by atoms with Gasteiger partial charge < -0.3 is 5.73 Å². The standard InChI is InChI=1S/C12H25NS/c1-2-3-10-14-12-9-7-5-4-6-8-11(12)13/h11-12H,2-10,13H2,1H3. The summed E-state index contributed by atoms with van der Waals surface area (Å²) in [4.78, 5) is 0. The third-order valence-electron chi connectivity index (χ3n) is 3.08. The van der Waals surface area contributed by atoms with Crippen LogP contribution in [0.1, 0.15) is 58.3 Å². The van der Waals surface area contributed by atoms with E-state index in [1.807, 2.05) is 0 Å². The molecule has 0 amide bonds. The molecule has 1 saturated carbocycles. The second-order valence-corrected chi connectivity index (χ2v) is 5.77. The molecule has 2 unspecified atom stereocenters. The lowest BCUT2D eigenvalue weighted by Crippen LogP contribution is -2.33. The van der Waals surface area contributed by atoms with E-state index in [9.17, 15) is 0 Å². The molecule has 0 spiro atoms. The highest BCUT2D eigenvalue weighted by molar-refractivity contribution is 7.99. The smallest absolute Gasteiger partial charge is 0.0199 e. The van der Waals surface area contributed by atoms with Crippen molar-refractivity contribution in [3.05, 3.63) is 0 Å². The van der Waals surface area contributed by atoms with E-state index < -0.39 is 0 Å². The highest BCUT2D eigenvalue weighted by atomic mass is 32.2. The Bertz CT molecular complexity index is 138. The van der Waals surface area contributed by atoms with Gasteiger partial charge in [0.25, 0.3) is 0 Å². The lowest BCUT2D eigenvalue weighted by molar-refractivity contribution is 0.463. The molecule has 0 aromatic carbocycles. The number of rotatable bonds is 4. The average molecular weight is 215 g/mol. The molecular formula is C12H25NS. The second kappa shape index (κ2) is 7.58. The van der Waals surface area contributed by atoms with E-state index in [2.05, 4.69) is 18.7 Å². The molecule has 0 aliphatic heterocycles. The molecule has 0 aromatic heterocycles. The summed E-state index contributed by atoms with van der Waals surface area (Å²) >= 11 is 2.13. The van der Waals surface area contributed by atoms with Gasteiger partial charge in [0.1, 0.15) is 0 Å². The van der Waals surface area contributed by atoms with E-state index in [1.54, 1.807) is 0 Å². The van der Waals surface area contributed by atoms with Gasteiger partial charge in [-0.05, 0) is 25.0 Å². The fourth-order valence-corrected chi connectivity index (χ4v) is 3.54. The topological polar surface area (TPSA) is 26.0 Å². The van der Waals surface area contributed by atoms with Crippen LogP contribution in [0.25, 0.3) is 0 Å². The van der Waals surface area contributed by atoms with Gasteiger partial charge in [-0.3, -0.25) is 0 Å². The van der Waals surface area contributed by atoms with Crippen molar-refractivity contribution in [1.29, 1.82) is 0 Å². The Balaban J connectivity index is 2.22. The summed E-state index contributed by atoms with van der Waals surface area (Å²) < 4.78 is 0. The van der Waals surface area contributed by atoms with Crippen molar-refractivity contribution in [3.63, 3.8) is 0 Å². The fourth-order valence-electron chi connectivity index (χ4n) is 2.07. The van der Waals surface area contributed by atoms with Gasteiger partial charge in [-0.25, -0.2) is 0 Å². The lowest BCUT2D eigenvalue weighted by atomic mass is 9.97. The Morgan fingerprint density at radius 2 is 1.86 bits per heavy atom. The molecule has 1 rings (SSSR count). The third-order valence-corrected chi connectivity index (χ3v) is 4.62. The summed E-state index contributed by atoms with van der Waals surface area (Å²) in [5.41, 5.74) is 6.21. The van der Waals surface area contributed by atoms with E-state index in [0.717, 1.165) is 5.25 Å². The van der Waals surface area contributed by atoms with E-state index >= 15 is 0 Å². The zero-order valence-corrected chi connectivity index (χ0v) is 10.3. The van der Waals surface area contributed by atoms with Crippen molar-refractivity contribution in [2.45, 2.75) is 69.6 Å². The number of hydrogen-bond donors (Lipinski definition) is 1. The fraction of sp³-hybridized carbons (Fsp3) is 1.00. The van der Waals surface area contributed by atoms with Crippen LogP contribution in [-0.4, -0.2) is 17.0 Å². The molecule has 2 atom stereocenters. The molecule has 1 fully saturated rings. The maximum absolute atomic E-state index is 6.21. The number of hydrogen-bond acceptors (Lipinski definition) is 2. The first-order valence-electron chi connectivity index (χ1n) is 6.21. The maximum atomic E-state index is 6.21. The molecule has 84 valence electrons. The maximum Gasteiger partial charge on any atom is 0.0199 e. The number of thioether (sulfide) groups is 1. The minimum absolute atomic E-state index is 0.470. The van der Waals surface area contributed by atoms with Crippen LogP contribution >= 0.6 is 11.8 Å². The Kier molecular flexibility index (Phi) is 6.70. The SMILES string of the molecule is CCCCSC1CCCCCCC1N. The zero-order valence-electron chi connectivity index (χ0n) is 9.50. The Labute approximate surface area is 93.2 Å². The van der Waals surface area contributed by atoms with Crippen LogP contribution in [0.15, 0.2) is 0 Å². The largest absolute Gasteiger partial charge is 0.327 e. The first-order chi connectivity index (χ1) is 6.84. The summed E-state index contributed by atoms with van der Waals surface area (Å²) in [6, 6.07) is 0.470. The van der Waals surface area contributed by atoms with E-state index in [-0.39, 0.29) is 0 Å². The zero-order chi connectivity index (χ0) is 10.2. The molecule has 1 aliphatic rings. The van der Waals surface area contributed by atoms with E-state index in [0.29, 0.717) is 6.04 Å². The predicted molar refractivity (Wildman–Crippen MR) is 66.8 cm³/mol. The molecule has 1 aliphatic carbocycles. The van der Waals surface area contributed by atoms with Crippen molar-refractivity contribution in [1.82, 2.24) is 0 Å². The highest BCUT2D eigenvalue weighted by Gasteiger charge is 2.19. The average Bonchev–Trinajstić information content (AvgIpc) is 2.17. The first kappa shape index (κ1) is 12.4. The summed E-state index contributed by atoms with van der Waals surface area (Å²) in [5.74, 6) is 1.31. The van der Waals surface area contributed by atoms with Gasteiger partial charge in [-0.15, -0.1) is 0 Å². The molecular weight excluding hydrogens is 190 g/mol. The first-order valence-corrected chi connectivity index (χ1v) is 7.26. The van der Waals surface area contributed by atoms with Crippen molar-refractivity contribution >= 4 is 11.8 Å². The summed E-state index contributed by atoms with van der Waals surface area (Å²) in [6.45, 7) is 2.26. The molecule has 0 aromatic rings. The van der Waals surface area contributed by atoms with Crippen LogP contribution in [0.3, 0.4) is 0 Å². The van der Waals surface area contributed by atoms with Gasteiger partial charge in [0.05, 0.1) is 0 Å². The van der Waals surface area contributed by atoms with Gasteiger partial charge in [-0.2, -0.15) is 11.8 Å². The van der Waals surface area contributed by atoms with Crippen molar-refractivity contribution in [2.24, 2.45) is 5.73 Å². The highest BCUT2D eigenvalue weighted by Crippen LogP contribution is 2.26. The Morgan fingerprint density at radius 3 is 2.57 bits per heavy atom. The van der Waals surface area contributed by atoms with Crippen molar-refractivity contribution in [2.75, 3.05) is 5.75 Å². The van der Waals surface area contributed by atoms with Gasteiger partial charge >= 0.3 is 0 Å². The molecule has 14 heavy (non-hydrogen) atoms. The number of unbranched alkanes of at least 4 members (excludes halogenated alkanes) is 1. The molecule has 0 saturated heterocycles. The van der Waals surface area contributed by atoms with E-state index in [4.69, 9.17) is 5.73 Å². The van der Waals surface area contributed by atoms with Gasteiger partial charge in [0.15, 0.2) is 0 Å². The Hall–Kier alpha value is 0.310. The molecule has 0 bridgehead atoms. The van der Waals surface area contributed by atoms with Crippen LogP contribution in [-0.2, 0) is 0 Å². The number of nitrogens with two attached hydrogens (primary N) is 1. The van der Waals surface area contributed by atoms with E-state index in [1.165, 1.54) is 57.1 Å². The van der Waals surface area contributed by atoms with Gasteiger partial charge in [-0.1, -0.05) is 39.0 Å². The Morgan fingerprint density at radius 1 is 1.14 bits per heavy atom. The second-order valence-electron chi connectivity index (χ2n) is 4.42. The monoisotopic (exact) mass is 215 g/mol. The molecule has 1 nitrogen and oxygen atoms in total. The van der Waals surface area contributed by atoms with Gasteiger partial charge in [0.2, 0.25) is 0 Å². The summed E-state index contributed by atoms with van der Waals surface area (Å²) in [6.07, 6.45) is 10.9. The molecule has 2 heteroatoms. The predicted octanol–water partition coefficient (Wildman–Crippen LogP) is 3.57. The minimum atomic E-state index is 0.470. The third kappa shape index (κ3) is 4.70. The molecule has 0 radical (unpaired) electrons. The van der Waals surface area contributed by atoms with Crippen molar-refractivity contribution in [3.8, 4) is 0 Å². The summed E-state index contributed by atoms with van der Waals surface area (Å²) in [5, 5.41) is 0.752. The van der Waals surface area contributed by atoms with Gasteiger partial charge in [0, 0.05) is 11.3 Å². The lowest BCUT2D eigenvalue weighted by Gasteiger charge is -2.25. The van der Waals surface area contributed by atoms with Crippen LogP contribution in [0.4, 0.5) is 0 Å². The molecule has 2 N–H and O–H groups in total. The van der Waals surface area contributed by atoms with Crippen molar-refractivity contribution < 1.29 is 0 Å². The quantitative estimate of drug-likeness (QED) is 0.726. The normalized spacial score (nSPS) is 29.6. The summed E-state index contributed by atoms with van der Waals surface area (Å²) in [7, 11) is 0. The van der Waals surface area contributed by atoms with Crippen LogP contribution in [0, 0.1) is 0 Å². The van der Waals surface area contributed by atoms with Crippen LogP contribution in [0.2, 0.25) is 0 Å². The van der Waals surface area contributed by atoms with Crippen LogP contribution in [0.5, 0.6) is 0 Å². The van der Waals surface area contributed by atoms with Crippen LogP contribution < -0.4 is 5.73 Å². The minimum Gasteiger partial charge on any atom is -0.327 e. The molecule has 0 heterocycles.